The normalized spacial score (nSPS) is 12.7. The molecule has 0 amide bonds. The minimum Gasteiger partial charge on any atom is -0.481 e. The Morgan fingerprint density at radius 2 is 1.70 bits per heavy atom. The Balaban J connectivity index is 2.08. The van der Waals surface area contributed by atoms with Gasteiger partial charge < -0.3 is 5.11 Å². The van der Waals surface area contributed by atoms with Gasteiger partial charge in [-0.05, 0) is 36.6 Å². The van der Waals surface area contributed by atoms with Crippen LogP contribution in [0.1, 0.15) is 30.5 Å². The van der Waals surface area contributed by atoms with E-state index in [2.05, 4.69) is 4.72 Å². The van der Waals surface area contributed by atoms with Crippen LogP contribution >= 0.6 is 0 Å². The van der Waals surface area contributed by atoms with Crippen molar-refractivity contribution in [3.8, 4) is 0 Å². The number of hydrogen-bond acceptors (Lipinski definition) is 3. The lowest BCUT2D eigenvalue weighted by Crippen LogP contribution is -2.26. The minimum atomic E-state index is -3.62. The third-order valence-electron chi connectivity index (χ3n) is 3.49. The van der Waals surface area contributed by atoms with E-state index in [4.69, 9.17) is 5.11 Å². The molecule has 0 heterocycles. The molecule has 1 atom stereocenters. The number of benzene rings is 2. The van der Waals surface area contributed by atoms with E-state index in [1.807, 2.05) is 30.3 Å². The van der Waals surface area contributed by atoms with Gasteiger partial charge in [0, 0.05) is 12.5 Å². The summed E-state index contributed by atoms with van der Waals surface area (Å²) in [7, 11) is -3.62. The van der Waals surface area contributed by atoms with Gasteiger partial charge >= 0.3 is 5.97 Å². The molecule has 0 spiro atoms. The quantitative estimate of drug-likeness (QED) is 0.816. The van der Waals surface area contributed by atoms with Crippen LogP contribution in [-0.4, -0.2) is 19.5 Å². The van der Waals surface area contributed by atoms with Gasteiger partial charge in [-0.2, -0.15) is 0 Å². The Labute approximate surface area is 136 Å². The average molecular weight is 333 g/mol. The fourth-order valence-electron chi connectivity index (χ4n) is 2.20. The molecule has 0 aromatic heterocycles. The number of hydrogen-bond donors (Lipinski definition) is 2. The smallest absolute Gasteiger partial charge is 0.303 e. The number of aliphatic carboxylic acids is 1. The number of rotatable bonds is 7. The van der Waals surface area contributed by atoms with Crippen molar-refractivity contribution in [1.29, 1.82) is 0 Å². The Bertz CT molecular complexity index is 755. The average Bonchev–Trinajstić information content (AvgIpc) is 2.53. The molecular weight excluding hydrogens is 314 g/mol. The van der Waals surface area contributed by atoms with E-state index in [1.54, 1.807) is 19.1 Å². The molecule has 0 fully saturated rings. The van der Waals surface area contributed by atoms with Gasteiger partial charge in [-0.15, -0.1) is 0 Å². The van der Waals surface area contributed by atoms with Crippen LogP contribution in [0.25, 0.3) is 0 Å². The SMILES string of the molecule is C[C@H](NS(=O)(=O)c1ccc(CCC(=O)O)cc1)c1ccccc1. The van der Waals surface area contributed by atoms with Crippen LogP contribution in [0.5, 0.6) is 0 Å². The highest BCUT2D eigenvalue weighted by Crippen LogP contribution is 2.17. The van der Waals surface area contributed by atoms with Crippen LogP contribution < -0.4 is 4.72 Å². The second-order valence-electron chi connectivity index (χ2n) is 5.29. The number of carboxylic acids is 1. The van der Waals surface area contributed by atoms with Gasteiger partial charge in [0.05, 0.1) is 4.90 Å². The van der Waals surface area contributed by atoms with Crippen molar-refractivity contribution in [2.75, 3.05) is 0 Å². The third kappa shape index (κ3) is 4.91. The number of nitrogens with one attached hydrogen (secondary N) is 1. The van der Waals surface area contributed by atoms with Crippen molar-refractivity contribution in [3.63, 3.8) is 0 Å². The zero-order valence-electron chi connectivity index (χ0n) is 12.8. The maximum absolute atomic E-state index is 12.4. The Hall–Kier alpha value is -2.18. The van der Waals surface area contributed by atoms with Crippen LogP contribution in [0.4, 0.5) is 0 Å². The highest BCUT2D eigenvalue weighted by molar-refractivity contribution is 7.89. The standard InChI is InChI=1S/C17H19NO4S/c1-13(15-5-3-2-4-6-15)18-23(21,22)16-10-7-14(8-11-16)9-12-17(19)20/h2-8,10-11,13,18H,9,12H2,1H3,(H,19,20)/t13-/m0/s1. The first-order valence-electron chi connectivity index (χ1n) is 7.26. The largest absolute Gasteiger partial charge is 0.481 e. The first-order chi connectivity index (χ1) is 10.9. The summed E-state index contributed by atoms with van der Waals surface area (Å²) in [5.41, 5.74) is 1.68. The van der Waals surface area contributed by atoms with Gasteiger partial charge in [0.15, 0.2) is 0 Å². The van der Waals surface area contributed by atoms with Crippen molar-refractivity contribution in [2.45, 2.75) is 30.7 Å². The maximum Gasteiger partial charge on any atom is 0.303 e. The lowest BCUT2D eigenvalue weighted by Gasteiger charge is -2.14. The molecule has 0 bridgehead atoms. The molecule has 0 aliphatic heterocycles. The topological polar surface area (TPSA) is 83.5 Å². The Kier molecular flexibility index (Phi) is 5.52. The predicted octanol–water partition coefficient (Wildman–Crippen LogP) is 2.74. The molecule has 2 aromatic rings. The highest BCUT2D eigenvalue weighted by Gasteiger charge is 2.18. The van der Waals surface area contributed by atoms with Gasteiger partial charge in [-0.25, -0.2) is 13.1 Å². The predicted molar refractivity (Wildman–Crippen MR) is 87.6 cm³/mol. The van der Waals surface area contributed by atoms with Gasteiger partial charge in [0.25, 0.3) is 0 Å². The number of carboxylic acid groups (broad SMARTS) is 1. The van der Waals surface area contributed by atoms with Gasteiger partial charge in [-0.1, -0.05) is 42.5 Å². The summed E-state index contributed by atoms with van der Waals surface area (Å²) in [6.07, 6.45) is 0.402. The van der Waals surface area contributed by atoms with Crippen molar-refractivity contribution >= 4 is 16.0 Å². The second kappa shape index (κ2) is 7.39. The van der Waals surface area contributed by atoms with Crippen molar-refractivity contribution < 1.29 is 18.3 Å². The number of carbonyl (C=O) groups is 1. The minimum absolute atomic E-state index is 0.0232. The molecule has 0 radical (unpaired) electrons. The molecular formula is C17H19NO4S. The summed E-state index contributed by atoms with van der Waals surface area (Å²) in [4.78, 5) is 10.7. The molecule has 2 rings (SSSR count). The lowest BCUT2D eigenvalue weighted by atomic mass is 10.1. The van der Waals surface area contributed by atoms with Crippen molar-refractivity contribution in [1.82, 2.24) is 4.72 Å². The fourth-order valence-corrected chi connectivity index (χ4v) is 3.43. The molecule has 6 heteroatoms. The Morgan fingerprint density at radius 3 is 2.26 bits per heavy atom. The van der Waals surface area contributed by atoms with Crippen molar-refractivity contribution in [3.05, 3.63) is 65.7 Å². The molecule has 23 heavy (non-hydrogen) atoms. The lowest BCUT2D eigenvalue weighted by molar-refractivity contribution is -0.136. The molecule has 2 aromatic carbocycles. The van der Waals surface area contributed by atoms with Crippen LogP contribution in [0.2, 0.25) is 0 Å². The zero-order valence-corrected chi connectivity index (χ0v) is 13.6. The van der Waals surface area contributed by atoms with E-state index >= 15 is 0 Å². The molecule has 0 saturated carbocycles. The van der Waals surface area contributed by atoms with Crippen LogP contribution in [-0.2, 0) is 21.2 Å². The first-order valence-corrected chi connectivity index (χ1v) is 8.75. The Morgan fingerprint density at radius 1 is 1.09 bits per heavy atom. The summed E-state index contributed by atoms with van der Waals surface area (Å²) in [5.74, 6) is -0.875. The zero-order chi connectivity index (χ0) is 16.9. The first kappa shape index (κ1) is 17.2. The molecule has 0 saturated heterocycles. The molecule has 0 aliphatic carbocycles. The second-order valence-corrected chi connectivity index (χ2v) is 7.01. The van der Waals surface area contributed by atoms with E-state index < -0.39 is 16.0 Å². The molecule has 0 unspecified atom stereocenters. The molecule has 122 valence electrons. The molecule has 2 N–H and O–H groups in total. The molecule has 0 aliphatic rings. The summed E-state index contributed by atoms with van der Waals surface area (Å²) in [6, 6.07) is 15.3. The van der Waals surface area contributed by atoms with Crippen LogP contribution in [0.3, 0.4) is 0 Å². The van der Waals surface area contributed by atoms with Crippen molar-refractivity contribution in [2.24, 2.45) is 0 Å². The van der Waals surface area contributed by atoms with E-state index in [-0.39, 0.29) is 17.4 Å². The fraction of sp³-hybridized carbons (Fsp3) is 0.235. The number of sulfonamides is 1. The summed E-state index contributed by atoms with van der Waals surface area (Å²) < 4.78 is 27.4. The highest BCUT2D eigenvalue weighted by atomic mass is 32.2. The summed E-state index contributed by atoms with van der Waals surface area (Å²) in [5, 5.41) is 8.66. The van der Waals surface area contributed by atoms with Crippen LogP contribution in [0.15, 0.2) is 59.5 Å². The monoisotopic (exact) mass is 333 g/mol. The van der Waals surface area contributed by atoms with E-state index in [0.717, 1.165) is 11.1 Å². The van der Waals surface area contributed by atoms with Gasteiger partial charge in [0.1, 0.15) is 0 Å². The maximum atomic E-state index is 12.4. The van der Waals surface area contributed by atoms with E-state index in [9.17, 15) is 13.2 Å². The van der Waals surface area contributed by atoms with Gasteiger partial charge in [0.2, 0.25) is 10.0 Å². The molecule has 5 nitrogen and oxygen atoms in total. The summed E-state index contributed by atoms with van der Waals surface area (Å²) in [6.45, 7) is 1.79. The van der Waals surface area contributed by atoms with E-state index in [0.29, 0.717) is 6.42 Å². The number of aryl methyl sites for hydroxylation is 1. The van der Waals surface area contributed by atoms with Crippen LogP contribution in [0, 0.1) is 0 Å². The third-order valence-corrected chi connectivity index (χ3v) is 5.05. The van der Waals surface area contributed by atoms with E-state index in [1.165, 1.54) is 12.1 Å². The van der Waals surface area contributed by atoms with Gasteiger partial charge in [-0.3, -0.25) is 4.79 Å². The summed E-state index contributed by atoms with van der Waals surface area (Å²) >= 11 is 0.